The fourth-order valence-electron chi connectivity index (χ4n) is 2.86. The maximum absolute atomic E-state index is 14.5. The molecule has 1 aliphatic rings. The van der Waals surface area contributed by atoms with Gasteiger partial charge in [-0.25, -0.2) is 4.39 Å². The summed E-state index contributed by atoms with van der Waals surface area (Å²) in [4.78, 5) is 19.0. The fourth-order valence-corrected chi connectivity index (χ4v) is 4.15. The summed E-state index contributed by atoms with van der Waals surface area (Å²) in [6, 6.07) is 8.13. The van der Waals surface area contributed by atoms with Gasteiger partial charge < -0.3 is 10.6 Å². The van der Waals surface area contributed by atoms with Gasteiger partial charge in [0.1, 0.15) is 11.4 Å². The summed E-state index contributed by atoms with van der Waals surface area (Å²) in [6.45, 7) is 3.43. The van der Waals surface area contributed by atoms with E-state index in [4.69, 9.17) is 5.73 Å². The Labute approximate surface area is 162 Å². The minimum atomic E-state index is -1.05. The van der Waals surface area contributed by atoms with Crippen molar-refractivity contribution in [3.8, 4) is 0 Å². The number of carbonyl (C=O) groups is 1. The molecule has 0 radical (unpaired) electrons. The molecule has 0 saturated carbocycles. The van der Waals surface area contributed by atoms with Crippen LogP contribution in [0.2, 0.25) is 0 Å². The molecule has 2 aromatic rings. The predicted octanol–water partition coefficient (Wildman–Crippen LogP) is 4.53. The number of carbonyl (C=O) groups excluding carboxylic acids is 1. The van der Waals surface area contributed by atoms with Crippen molar-refractivity contribution in [2.24, 2.45) is 4.99 Å². The van der Waals surface area contributed by atoms with Gasteiger partial charge in [-0.15, -0.1) is 0 Å². The number of hydrogen-bond acceptors (Lipinski definition) is 3. The van der Waals surface area contributed by atoms with E-state index in [1.54, 1.807) is 45.2 Å². The highest BCUT2D eigenvalue weighted by atomic mass is 79.9. The molecular formula is C18H16Br2FN3O. The Kier molecular flexibility index (Phi) is 4.49. The number of benzene rings is 2. The first-order valence-electron chi connectivity index (χ1n) is 7.56. The van der Waals surface area contributed by atoms with E-state index >= 15 is 0 Å². The molecule has 25 heavy (non-hydrogen) atoms. The van der Waals surface area contributed by atoms with Gasteiger partial charge in [-0.05, 0) is 63.9 Å². The minimum Gasteiger partial charge on any atom is -0.397 e. The average molecular weight is 469 g/mol. The van der Waals surface area contributed by atoms with Gasteiger partial charge in [-0.1, -0.05) is 12.1 Å². The summed E-state index contributed by atoms with van der Waals surface area (Å²) in [5.41, 5.74) is 7.45. The lowest BCUT2D eigenvalue weighted by Crippen LogP contribution is -2.41. The maximum Gasteiger partial charge on any atom is 0.254 e. The first-order chi connectivity index (χ1) is 11.6. The number of fused-ring (bicyclic) bond motifs is 1. The van der Waals surface area contributed by atoms with Crippen LogP contribution in [0.3, 0.4) is 0 Å². The second kappa shape index (κ2) is 6.21. The Balaban J connectivity index is 2.45. The van der Waals surface area contributed by atoms with Crippen molar-refractivity contribution in [3.05, 3.63) is 56.2 Å². The molecule has 4 nitrogen and oxygen atoms in total. The lowest BCUT2D eigenvalue weighted by molar-refractivity contribution is -0.122. The first-order valence-corrected chi connectivity index (χ1v) is 9.14. The molecule has 0 atom stereocenters. The summed E-state index contributed by atoms with van der Waals surface area (Å²) in [6.07, 6.45) is 0. The second-order valence-electron chi connectivity index (χ2n) is 6.34. The van der Waals surface area contributed by atoms with Crippen molar-refractivity contribution in [2.75, 3.05) is 17.7 Å². The highest BCUT2D eigenvalue weighted by Crippen LogP contribution is 2.42. The third kappa shape index (κ3) is 2.89. The molecule has 2 N–H and O–H groups in total. The fraction of sp³-hybridized carbons (Fsp3) is 0.222. The molecular weight excluding hydrogens is 453 g/mol. The predicted molar refractivity (Wildman–Crippen MR) is 106 cm³/mol. The number of halogens is 3. The van der Waals surface area contributed by atoms with E-state index in [1.807, 2.05) is 0 Å². The monoisotopic (exact) mass is 467 g/mol. The van der Waals surface area contributed by atoms with Gasteiger partial charge in [0, 0.05) is 22.6 Å². The molecule has 130 valence electrons. The topological polar surface area (TPSA) is 58.7 Å². The second-order valence-corrected chi connectivity index (χ2v) is 7.99. The van der Waals surface area contributed by atoms with E-state index in [-0.39, 0.29) is 5.91 Å². The smallest absolute Gasteiger partial charge is 0.254 e. The van der Waals surface area contributed by atoms with Crippen molar-refractivity contribution >= 4 is 54.9 Å². The molecule has 0 saturated heterocycles. The van der Waals surface area contributed by atoms with E-state index < -0.39 is 11.4 Å². The van der Waals surface area contributed by atoms with Gasteiger partial charge in [-0.3, -0.25) is 9.79 Å². The Morgan fingerprint density at radius 3 is 2.52 bits per heavy atom. The van der Waals surface area contributed by atoms with Crippen LogP contribution in [0.15, 0.2) is 44.3 Å². The van der Waals surface area contributed by atoms with E-state index in [1.165, 1.54) is 11.0 Å². The molecule has 2 aromatic carbocycles. The summed E-state index contributed by atoms with van der Waals surface area (Å²) in [7, 11) is 1.68. The van der Waals surface area contributed by atoms with Crippen LogP contribution < -0.4 is 10.6 Å². The van der Waals surface area contributed by atoms with Crippen LogP contribution >= 0.6 is 31.9 Å². The Morgan fingerprint density at radius 1 is 1.24 bits per heavy atom. The normalized spacial score (nSPS) is 16.3. The number of nitrogens with zero attached hydrogens (tertiary/aromatic N) is 2. The van der Waals surface area contributed by atoms with Crippen LogP contribution in [0.4, 0.5) is 15.8 Å². The number of amides is 1. The number of aliphatic imine (C=N–C) groups is 1. The van der Waals surface area contributed by atoms with Gasteiger partial charge >= 0.3 is 0 Å². The van der Waals surface area contributed by atoms with Crippen LogP contribution in [0.25, 0.3) is 0 Å². The van der Waals surface area contributed by atoms with E-state index in [0.29, 0.717) is 37.2 Å². The van der Waals surface area contributed by atoms with Gasteiger partial charge in [-0.2, -0.15) is 0 Å². The Morgan fingerprint density at radius 2 is 1.88 bits per heavy atom. The van der Waals surface area contributed by atoms with Crippen molar-refractivity contribution in [1.29, 1.82) is 0 Å². The molecule has 3 rings (SSSR count). The largest absolute Gasteiger partial charge is 0.397 e. The zero-order valence-corrected chi connectivity index (χ0v) is 17.1. The zero-order chi connectivity index (χ0) is 18.5. The lowest BCUT2D eigenvalue weighted by Gasteiger charge is -2.25. The summed E-state index contributed by atoms with van der Waals surface area (Å²) >= 11 is 6.91. The molecule has 1 heterocycles. The third-order valence-corrected chi connectivity index (χ3v) is 5.66. The lowest BCUT2D eigenvalue weighted by atomic mass is 9.98. The number of nitrogen functional groups attached to an aromatic ring is 1. The molecule has 7 heteroatoms. The molecule has 0 spiro atoms. The van der Waals surface area contributed by atoms with Gasteiger partial charge in [0.2, 0.25) is 0 Å². The first kappa shape index (κ1) is 18.1. The third-order valence-electron chi connectivity index (χ3n) is 4.18. The van der Waals surface area contributed by atoms with E-state index in [0.717, 1.165) is 0 Å². The van der Waals surface area contributed by atoms with E-state index in [9.17, 15) is 9.18 Å². The van der Waals surface area contributed by atoms with Crippen molar-refractivity contribution in [2.45, 2.75) is 19.4 Å². The molecule has 1 amide bonds. The van der Waals surface area contributed by atoms with Gasteiger partial charge in [0.15, 0.2) is 0 Å². The highest BCUT2D eigenvalue weighted by Gasteiger charge is 2.38. The number of hydrogen-bond donors (Lipinski definition) is 1. The summed E-state index contributed by atoms with van der Waals surface area (Å²) < 4.78 is 15.7. The van der Waals surface area contributed by atoms with Crippen LogP contribution in [0, 0.1) is 5.82 Å². The molecule has 0 unspecified atom stereocenters. The minimum absolute atomic E-state index is 0.191. The van der Waals surface area contributed by atoms with Crippen LogP contribution in [-0.4, -0.2) is 24.2 Å². The number of likely N-dealkylation sites (N-methyl/N-ethyl adjacent to an activating group) is 1. The quantitative estimate of drug-likeness (QED) is 0.625. The van der Waals surface area contributed by atoms with Gasteiger partial charge in [0.25, 0.3) is 5.91 Å². The number of anilines is 2. The van der Waals surface area contributed by atoms with Gasteiger partial charge in [0.05, 0.1) is 21.6 Å². The SMILES string of the molecule is CN1C(=O)C(C)(C)N=C(c2ccccc2F)c2c1cc(Br)c(N)c2Br. The number of benzodiazepines with no additional fused rings is 1. The zero-order valence-electron chi connectivity index (χ0n) is 13.9. The summed E-state index contributed by atoms with van der Waals surface area (Å²) in [5.74, 6) is -0.600. The number of rotatable bonds is 1. The standard InChI is InChI=1S/C18H16Br2FN3O/c1-18(2)17(25)24(3)12-8-10(19)15(22)14(20)13(12)16(23-18)9-6-4-5-7-11(9)21/h4-8H,22H2,1-3H3. The summed E-state index contributed by atoms with van der Waals surface area (Å²) in [5, 5.41) is 0. The van der Waals surface area contributed by atoms with Crippen molar-refractivity contribution in [1.82, 2.24) is 0 Å². The van der Waals surface area contributed by atoms with E-state index in [2.05, 4.69) is 36.9 Å². The molecule has 0 bridgehead atoms. The Hall–Kier alpha value is -1.73. The van der Waals surface area contributed by atoms with Crippen LogP contribution in [-0.2, 0) is 4.79 Å². The highest BCUT2D eigenvalue weighted by molar-refractivity contribution is 9.11. The molecule has 0 aliphatic carbocycles. The molecule has 0 aromatic heterocycles. The van der Waals surface area contributed by atoms with Crippen molar-refractivity contribution < 1.29 is 9.18 Å². The molecule has 1 aliphatic heterocycles. The van der Waals surface area contributed by atoms with Crippen molar-refractivity contribution in [3.63, 3.8) is 0 Å². The Bertz CT molecular complexity index is 925. The van der Waals surface area contributed by atoms with Crippen LogP contribution in [0.5, 0.6) is 0 Å². The number of nitrogens with two attached hydrogens (primary N) is 1. The maximum atomic E-state index is 14.5. The molecule has 0 fully saturated rings. The average Bonchev–Trinajstić information content (AvgIpc) is 2.63. The van der Waals surface area contributed by atoms with Crippen LogP contribution in [0.1, 0.15) is 25.0 Å².